The van der Waals surface area contributed by atoms with E-state index in [2.05, 4.69) is 0 Å². The molecule has 3 N–H and O–H groups in total. The van der Waals surface area contributed by atoms with Crippen LogP contribution >= 0.6 is 11.8 Å². The van der Waals surface area contributed by atoms with E-state index in [1.54, 1.807) is 19.1 Å². The van der Waals surface area contributed by atoms with E-state index in [9.17, 15) is 14.0 Å². The number of primary amides is 1. The lowest BCUT2D eigenvalue weighted by atomic mass is 10.3. The van der Waals surface area contributed by atoms with Gasteiger partial charge in [0.25, 0.3) is 0 Å². The molecule has 0 fully saturated rings. The van der Waals surface area contributed by atoms with Crippen molar-refractivity contribution in [3.8, 4) is 0 Å². The number of hydrogen-bond donors (Lipinski definition) is 2. The maximum Gasteiger partial charge on any atom is 0.318 e. The second-order valence-corrected chi connectivity index (χ2v) is 4.48. The molecule has 1 rings (SSSR count). The topological polar surface area (TPSA) is 72.2 Å². The first-order valence-corrected chi connectivity index (χ1v) is 5.39. The third-order valence-corrected chi connectivity index (χ3v) is 2.85. The smallest absolute Gasteiger partial charge is 0.318 e. The van der Waals surface area contributed by atoms with Crippen LogP contribution in [0.1, 0.15) is 6.92 Å². The van der Waals surface area contributed by atoms with Gasteiger partial charge in [0.1, 0.15) is 5.82 Å². The molecule has 1 aromatic rings. The molecule has 0 aromatic heterocycles. The Morgan fingerprint density at radius 3 is 2.44 bits per heavy atom. The van der Waals surface area contributed by atoms with Crippen LogP contribution in [0.2, 0.25) is 0 Å². The summed E-state index contributed by atoms with van der Waals surface area (Å²) < 4.78 is 12.6. The van der Waals surface area contributed by atoms with Crippen molar-refractivity contribution in [1.82, 2.24) is 5.32 Å². The molecule has 86 valence electrons. The van der Waals surface area contributed by atoms with Crippen molar-refractivity contribution in [2.45, 2.75) is 17.1 Å². The van der Waals surface area contributed by atoms with E-state index in [1.807, 2.05) is 5.32 Å². The fraction of sp³-hybridized carbons (Fsp3) is 0.200. The summed E-state index contributed by atoms with van der Waals surface area (Å²) in [5, 5.41) is 1.51. The molecule has 4 nitrogen and oxygen atoms in total. The Morgan fingerprint density at radius 2 is 1.94 bits per heavy atom. The SMILES string of the molecule is CC(Sc1ccc(F)cc1)C(=O)NC(N)=O. The molecule has 0 saturated heterocycles. The first-order valence-electron chi connectivity index (χ1n) is 4.51. The molecule has 0 bridgehead atoms. The quantitative estimate of drug-likeness (QED) is 0.789. The zero-order chi connectivity index (χ0) is 12.1. The van der Waals surface area contributed by atoms with Gasteiger partial charge in [-0.1, -0.05) is 0 Å². The van der Waals surface area contributed by atoms with Crippen molar-refractivity contribution in [1.29, 1.82) is 0 Å². The first-order chi connectivity index (χ1) is 7.49. The number of amides is 3. The number of carbonyl (C=O) groups is 2. The molecule has 0 aliphatic rings. The van der Waals surface area contributed by atoms with Gasteiger partial charge in [0.2, 0.25) is 5.91 Å². The zero-order valence-corrected chi connectivity index (χ0v) is 9.38. The third kappa shape index (κ3) is 3.90. The Bertz CT molecular complexity index is 394. The highest BCUT2D eigenvalue weighted by Crippen LogP contribution is 2.23. The second kappa shape index (κ2) is 5.50. The third-order valence-electron chi connectivity index (χ3n) is 1.74. The predicted molar refractivity (Wildman–Crippen MR) is 59.4 cm³/mol. The molecule has 0 saturated carbocycles. The van der Waals surface area contributed by atoms with E-state index in [0.29, 0.717) is 0 Å². The normalized spacial score (nSPS) is 11.9. The summed E-state index contributed by atoms with van der Waals surface area (Å²) in [5.74, 6) is -0.805. The van der Waals surface area contributed by atoms with E-state index in [-0.39, 0.29) is 5.82 Å². The van der Waals surface area contributed by atoms with Crippen LogP contribution in [0.3, 0.4) is 0 Å². The fourth-order valence-corrected chi connectivity index (χ4v) is 1.86. The number of carbonyl (C=O) groups excluding carboxylic acids is 2. The minimum Gasteiger partial charge on any atom is -0.351 e. The standard InChI is InChI=1S/C10H11FN2O2S/c1-6(9(14)13-10(12)15)16-8-4-2-7(11)3-5-8/h2-6H,1H3,(H3,12,13,14,15). The molecule has 0 spiro atoms. The fourth-order valence-electron chi connectivity index (χ4n) is 0.994. The lowest BCUT2D eigenvalue weighted by Crippen LogP contribution is -2.39. The molecule has 0 aliphatic carbocycles. The minimum atomic E-state index is -0.878. The average molecular weight is 242 g/mol. The van der Waals surface area contributed by atoms with Crippen LogP contribution < -0.4 is 11.1 Å². The van der Waals surface area contributed by atoms with Gasteiger partial charge in [0, 0.05) is 4.90 Å². The summed E-state index contributed by atoms with van der Waals surface area (Å²) in [6.45, 7) is 1.63. The van der Waals surface area contributed by atoms with Crippen molar-refractivity contribution in [3.63, 3.8) is 0 Å². The zero-order valence-electron chi connectivity index (χ0n) is 8.57. The van der Waals surface area contributed by atoms with E-state index < -0.39 is 17.2 Å². The number of rotatable bonds is 3. The summed E-state index contributed by atoms with van der Waals surface area (Å²) in [5.41, 5.74) is 4.81. The number of benzene rings is 1. The maximum absolute atomic E-state index is 12.6. The van der Waals surface area contributed by atoms with Crippen LogP contribution in [0.25, 0.3) is 0 Å². The van der Waals surface area contributed by atoms with E-state index in [1.165, 1.54) is 23.9 Å². The number of imide groups is 1. The van der Waals surface area contributed by atoms with Gasteiger partial charge in [-0.05, 0) is 31.2 Å². The van der Waals surface area contributed by atoms with E-state index in [0.717, 1.165) is 4.90 Å². The molecule has 1 aromatic carbocycles. The van der Waals surface area contributed by atoms with Gasteiger partial charge < -0.3 is 5.73 Å². The van der Waals surface area contributed by atoms with Crippen molar-refractivity contribution in [2.24, 2.45) is 5.73 Å². The molecule has 0 heterocycles. The van der Waals surface area contributed by atoms with Crippen molar-refractivity contribution < 1.29 is 14.0 Å². The van der Waals surface area contributed by atoms with E-state index in [4.69, 9.17) is 5.73 Å². The number of thioether (sulfide) groups is 1. The van der Waals surface area contributed by atoms with Crippen molar-refractivity contribution >= 4 is 23.7 Å². The van der Waals surface area contributed by atoms with Gasteiger partial charge in [-0.3, -0.25) is 10.1 Å². The Balaban J connectivity index is 2.57. The highest BCUT2D eigenvalue weighted by atomic mass is 32.2. The number of halogens is 1. The molecule has 16 heavy (non-hydrogen) atoms. The monoisotopic (exact) mass is 242 g/mol. The summed E-state index contributed by atoms with van der Waals surface area (Å²) in [6.07, 6.45) is 0. The molecule has 0 radical (unpaired) electrons. The lowest BCUT2D eigenvalue weighted by molar-refractivity contribution is -0.119. The van der Waals surface area contributed by atoms with Crippen LogP contribution in [0.15, 0.2) is 29.2 Å². The molecular formula is C10H11FN2O2S. The van der Waals surface area contributed by atoms with Crippen LogP contribution in [0, 0.1) is 5.82 Å². The van der Waals surface area contributed by atoms with Crippen LogP contribution in [-0.2, 0) is 4.79 Å². The highest BCUT2D eigenvalue weighted by molar-refractivity contribution is 8.00. The van der Waals surface area contributed by atoms with Crippen LogP contribution in [-0.4, -0.2) is 17.2 Å². The number of nitrogens with one attached hydrogen (secondary N) is 1. The summed E-state index contributed by atoms with van der Waals surface area (Å²) in [6, 6.07) is 4.86. The van der Waals surface area contributed by atoms with Crippen LogP contribution in [0.5, 0.6) is 0 Å². The van der Waals surface area contributed by atoms with Crippen LogP contribution in [0.4, 0.5) is 9.18 Å². The first kappa shape index (κ1) is 12.5. The van der Waals surface area contributed by atoms with Gasteiger partial charge in [-0.15, -0.1) is 11.8 Å². The summed E-state index contributed by atoms with van der Waals surface area (Å²) in [7, 11) is 0. The molecule has 1 unspecified atom stereocenters. The van der Waals surface area contributed by atoms with Crippen molar-refractivity contribution in [2.75, 3.05) is 0 Å². The molecule has 0 aliphatic heterocycles. The highest BCUT2D eigenvalue weighted by Gasteiger charge is 2.15. The van der Waals surface area contributed by atoms with Gasteiger partial charge in [0.15, 0.2) is 0 Å². The Labute approximate surface area is 96.4 Å². The minimum absolute atomic E-state index is 0.335. The Kier molecular flexibility index (Phi) is 4.30. The average Bonchev–Trinajstić information content (AvgIpc) is 2.20. The summed E-state index contributed by atoms with van der Waals surface area (Å²) in [4.78, 5) is 22.5. The number of hydrogen-bond acceptors (Lipinski definition) is 3. The number of urea groups is 1. The van der Waals surface area contributed by atoms with Gasteiger partial charge in [-0.2, -0.15) is 0 Å². The van der Waals surface area contributed by atoms with Gasteiger partial charge >= 0.3 is 6.03 Å². The molecule has 6 heteroatoms. The Morgan fingerprint density at radius 1 is 1.38 bits per heavy atom. The maximum atomic E-state index is 12.6. The number of nitrogens with two attached hydrogens (primary N) is 1. The van der Waals surface area contributed by atoms with E-state index >= 15 is 0 Å². The largest absolute Gasteiger partial charge is 0.351 e. The predicted octanol–water partition coefficient (Wildman–Crippen LogP) is 1.50. The Hall–Kier alpha value is -1.56. The second-order valence-electron chi connectivity index (χ2n) is 3.07. The molecule has 3 amide bonds. The summed E-state index contributed by atoms with van der Waals surface area (Å²) >= 11 is 1.22. The lowest BCUT2D eigenvalue weighted by Gasteiger charge is -2.09. The van der Waals surface area contributed by atoms with Gasteiger partial charge in [0.05, 0.1) is 5.25 Å². The molecule has 1 atom stereocenters. The van der Waals surface area contributed by atoms with Gasteiger partial charge in [-0.25, -0.2) is 9.18 Å². The van der Waals surface area contributed by atoms with Crippen molar-refractivity contribution in [3.05, 3.63) is 30.1 Å². The molecular weight excluding hydrogens is 231 g/mol.